The molecule has 4 nitrogen and oxygen atoms in total. The van der Waals surface area contributed by atoms with Crippen LogP contribution in [0, 0.1) is 11.3 Å². The van der Waals surface area contributed by atoms with Gasteiger partial charge in [0.1, 0.15) is 24.2 Å². The van der Waals surface area contributed by atoms with Gasteiger partial charge in [0, 0.05) is 0 Å². The zero-order valence-corrected chi connectivity index (χ0v) is 12.7. The van der Waals surface area contributed by atoms with Crippen LogP contribution in [-0.4, -0.2) is 12.2 Å². The molecule has 22 heavy (non-hydrogen) atoms. The van der Waals surface area contributed by atoms with Crippen LogP contribution >= 0.6 is 0 Å². The number of methoxy groups -OCH3 is 1. The maximum absolute atomic E-state index is 9.75. The third-order valence-electron chi connectivity index (χ3n) is 3.44. The van der Waals surface area contributed by atoms with E-state index in [0.29, 0.717) is 24.3 Å². The number of benzene rings is 2. The second kappa shape index (κ2) is 7.48. The molecule has 0 radical (unpaired) electrons. The summed E-state index contributed by atoms with van der Waals surface area (Å²) in [4.78, 5) is 0. The van der Waals surface area contributed by atoms with Crippen LogP contribution in [0.25, 0.3) is 0 Å². The summed E-state index contributed by atoms with van der Waals surface area (Å²) in [5.74, 6) is 1.28. The minimum Gasteiger partial charge on any atom is -0.495 e. The topological polar surface area (TPSA) is 62.5 Å². The number of hydrogen-bond acceptors (Lipinski definition) is 4. The Morgan fingerprint density at radius 3 is 2.50 bits per heavy atom. The quantitative estimate of drug-likeness (QED) is 0.885. The van der Waals surface area contributed by atoms with E-state index in [1.165, 1.54) is 0 Å². The van der Waals surface area contributed by atoms with Gasteiger partial charge >= 0.3 is 0 Å². The third kappa shape index (κ3) is 3.78. The van der Waals surface area contributed by atoms with Gasteiger partial charge in [-0.3, -0.25) is 0 Å². The standard InChI is InChI=1S/C18H19NO3/c1-3-17(20)14-5-7-16(8-6-14)22-12-13-4-9-18(21-2)15(10-13)11-19/h4-10,17,20H,3,12H2,1-2H3. The summed E-state index contributed by atoms with van der Waals surface area (Å²) in [5, 5.41) is 18.8. The maximum Gasteiger partial charge on any atom is 0.136 e. The molecule has 0 amide bonds. The van der Waals surface area contributed by atoms with Crippen LogP contribution in [0.2, 0.25) is 0 Å². The molecule has 0 bridgehead atoms. The molecule has 0 saturated carbocycles. The monoisotopic (exact) mass is 297 g/mol. The smallest absolute Gasteiger partial charge is 0.136 e. The zero-order valence-electron chi connectivity index (χ0n) is 12.7. The molecule has 1 unspecified atom stereocenters. The van der Waals surface area contributed by atoms with E-state index in [4.69, 9.17) is 14.7 Å². The fourth-order valence-corrected chi connectivity index (χ4v) is 2.12. The Morgan fingerprint density at radius 1 is 1.18 bits per heavy atom. The summed E-state index contributed by atoms with van der Waals surface area (Å²) in [6.45, 7) is 2.31. The number of hydrogen-bond donors (Lipinski definition) is 1. The molecule has 1 atom stereocenters. The highest BCUT2D eigenvalue weighted by atomic mass is 16.5. The SMILES string of the molecule is CCC(O)c1ccc(OCc2ccc(OC)c(C#N)c2)cc1. The minimum atomic E-state index is -0.436. The van der Waals surface area contributed by atoms with E-state index in [9.17, 15) is 5.11 Å². The van der Waals surface area contributed by atoms with E-state index < -0.39 is 6.10 Å². The van der Waals surface area contributed by atoms with Gasteiger partial charge in [-0.1, -0.05) is 25.1 Å². The van der Waals surface area contributed by atoms with E-state index in [1.807, 2.05) is 37.3 Å². The van der Waals surface area contributed by atoms with Crippen molar-refractivity contribution >= 4 is 0 Å². The Balaban J connectivity index is 2.02. The van der Waals surface area contributed by atoms with Crippen LogP contribution in [-0.2, 0) is 6.61 Å². The molecule has 0 spiro atoms. The molecular weight excluding hydrogens is 278 g/mol. The Morgan fingerprint density at radius 2 is 1.91 bits per heavy atom. The van der Waals surface area contributed by atoms with E-state index in [0.717, 1.165) is 16.9 Å². The molecule has 1 N–H and O–H groups in total. The third-order valence-corrected chi connectivity index (χ3v) is 3.44. The Labute approximate surface area is 130 Å². The van der Waals surface area contributed by atoms with E-state index in [1.54, 1.807) is 19.2 Å². The summed E-state index contributed by atoms with van der Waals surface area (Å²) >= 11 is 0. The molecular formula is C18H19NO3. The summed E-state index contributed by atoms with van der Waals surface area (Å²) < 4.78 is 10.8. The Bertz CT molecular complexity index is 659. The second-order valence-electron chi connectivity index (χ2n) is 4.93. The van der Waals surface area contributed by atoms with Gasteiger partial charge < -0.3 is 14.6 Å². The van der Waals surface area contributed by atoms with Crippen LogP contribution in [0.4, 0.5) is 0 Å². The molecule has 0 saturated heterocycles. The predicted molar refractivity (Wildman–Crippen MR) is 83.7 cm³/mol. The lowest BCUT2D eigenvalue weighted by atomic mass is 10.1. The maximum atomic E-state index is 9.75. The summed E-state index contributed by atoms with van der Waals surface area (Å²) in [7, 11) is 1.54. The van der Waals surface area contributed by atoms with Crippen molar-refractivity contribution in [2.24, 2.45) is 0 Å². The first kappa shape index (κ1) is 15.9. The van der Waals surface area contributed by atoms with Crippen molar-refractivity contribution in [1.82, 2.24) is 0 Å². The second-order valence-corrected chi connectivity index (χ2v) is 4.93. The van der Waals surface area contributed by atoms with Gasteiger partial charge in [-0.05, 0) is 41.8 Å². The van der Waals surface area contributed by atoms with Gasteiger partial charge in [0.15, 0.2) is 0 Å². The number of ether oxygens (including phenoxy) is 2. The molecule has 0 fully saturated rings. The van der Waals surface area contributed by atoms with Crippen molar-refractivity contribution < 1.29 is 14.6 Å². The lowest BCUT2D eigenvalue weighted by Crippen LogP contribution is -1.98. The molecule has 2 rings (SSSR count). The summed E-state index contributed by atoms with van der Waals surface area (Å²) in [5.41, 5.74) is 2.27. The van der Waals surface area contributed by atoms with E-state index in [-0.39, 0.29) is 0 Å². The molecule has 2 aromatic carbocycles. The molecule has 2 aromatic rings. The molecule has 0 aliphatic rings. The average Bonchev–Trinajstić information content (AvgIpc) is 2.59. The van der Waals surface area contributed by atoms with Gasteiger partial charge in [-0.15, -0.1) is 0 Å². The number of aliphatic hydroxyl groups is 1. The van der Waals surface area contributed by atoms with Crippen LogP contribution in [0.15, 0.2) is 42.5 Å². The Kier molecular flexibility index (Phi) is 5.40. The Hall–Kier alpha value is -2.51. The molecule has 0 aromatic heterocycles. The van der Waals surface area contributed by atoms with Crippen molar-refractivity contribution in [3.8, 4) is 17.6 Å². The highest BCUT2D eigenvalue weighted by Crippen LogP contribution is 2.22. The van der Waals surface area contributed by atoms with Crippen LogP contribution in [0.3, 0.4) is 0 Å². The van der Waals surface area contributed by atoms with Gasteiger partial charge in [0.05, 0.1) is 18.8 Å². The molecule has 4 heteroatoms. The minimum absolute atomic E-state index is 0.369. The highest BCUT2D eigenvalue weighted by molar-refractivity contribution is 5.45. The first-order valence-corrected chi connectivity index (χ1v) is 7.15. The van der Waals surface area contributed by atoms with Gasteiger partial charge in [-0.2, -0.15) is 5.26 Å². The number of nitriles is 1. The van der Waals surface area contributed by atoms with Crippen LogP contribution < -0.4 is 9.47 Å². The highest BCUT2D eigenvalue weighted by Gasteiger charge is 2.06. The number of nitrogens with zero attached hydrogens (tertiary/aromatic N) is 1. The van der Waals surface area contributed by atoms with Crippen molar-refractivity contribution in [2.75, 3.05) is 7.11 Å². The van der Waals surface area contributed by atoms with Crippen molar-refractivity contribution in [3.05, 3.63) is 59.2 Å². The first-order valence-electron chi connectivity index (χ1n) is 7.15. The van der Waals surface area contributed by atoms with Gasteiger partial charge in [0.2, 0.25) is 0 Å². The van der Waals surface area contributed by atoms with E-state index in [2.05, 4.69) is 6.07 Å². The molecule has 114 valence electrons. The average molecular weight is 297 g/mol. The normalized spacial score (nSPS) is 11.5. The molecule has 0 heterocycles. The fourth-order valence-electron chi connectivity index (χ4n) is 2.12. The predicted octanol–water partition coefficient (Wildman–Crippen LogP) is 3.59. The fraction of sp³-hybridized carbons (Fsp3) is 0.278. The molecule has 0 aliphatic carbocycles. The van der Waals surface area contributed by atoms with Gasteiger partial charge in [-0.25, -0.2) is 0 Å². The number of aliphatic hydroxyl groups excluding tert-OH is 1. The van der Waals surface area contributed by atoms with Crippen molar-refractivity contribution in [3.63, 3.8) is 0 Å². The van der Waals surface area contributed by atoms with E-state index >= 15 is 0 Å². The first-order chi connectivity index (χ1) is 10.7. The number of rotatable bonds is 6. The summed E-state index contributed by atoms with van der Waals surface area (Å²) in [6.07, 6.45) is 0.247. The zero-order chi connectivity index (χ0) is 15.9. The van der Waals surface area contributed by atoms with Gasteiger partial charge in [0.25, 0.3) is 0 Å². The lowest BCUT2D eigenvalue weighted by molar-refractivity contribution is 0.173. The molecule has 0 aliphatic heterocycles. The lowest BCUT2D eigenvalue weighted by Gasteiger charge is -2.11. The van der Waals surface area contributed by atoms with Crippen LogP contribution in [0.1, 0.15) is 36.1 Å². The van der Waals surface area contributed by atoms with Crippen LogP contribution in [0.5, 0.6) is 11.5 Å². The van der Waals surface area contributed by atoms with Crippen molar-refractivity contribution in [2.45, 2.75) is 26.1 Å². The summed E-state index contributed by atoms with van der Waals surface area (Å²) in [6, 6.07) is 14.9. The largest absolute Gasteiger partial charge is 0.495 e. The van der Waals surface area contributed by atoms with Crippen molar-refractivity contribution in [1.29, 1.82) is 5.26 Å².